The van der Waals surface area contributed by atoms with Gasteiger partial charge in [0.25, 0.3) is 5.91 Å². The molecule has 3 aliphatic rings. The standard InChI is InChI=1S/C24H23N3O3/c28-24-19-5-1-3-18-4-2-6-20(23(18)19)27(24)15-26-11-9-25(10-12-26)14-17-7-8-21-22(13-17)30-16-29-21/h1-8,13H,9-12,14-16H2/p+2. The van der Waals surface area contributed by atoms with Gasteiger partial charge in [0, 0.05) is 10.9 Å². The van der Waals surface area contributed by atoms with Crippen LogP contribution in [0.4, 0.5) is 5.69 Å². The van der Waals surface area contributed by atoms with Gasteiger partial charge in [-0.25, -0.2) is 0 Å². The molecule has 1 amide bonds. The number of quaternary nitrogens is 2. The second-order valence-corrected chi connectivity index (χ2v) is 8.44. The summed E-state index contributed by atoms with van der Waals surface area (Å²) < 4.78 is 10.9. The first-order chi connectivity index (χ1) is 14.8. The van der Waals surface area contributed by atoms with Crippen molar-refractivity contribution in [3.05, 3.63) is 65.7 Å². The van der Waals surface area contributed by atoms with E-state index in [1.54, 1.807) is 4.90 Å². The molecule has 0 aromatic heterocycles. The highest BCUT2D eigenvalue weighted by Crippen LogP contribution is 2.36. The van der Waals surface area contributed by atoms with Crippen molar-refractivity contribution in [2.75, 3.05) is 44.5 Å². The van der Waals surface area contributed by atoms with E-state index in [4.69, 9.17) is 9.47 Å². The lowest BCUT2D eigenvalue weighted by atomic mass is 10.1. The molecule has 6 heteroatoms. The minimum absolute atomic E-state index is 0.143. The number of piperazine rings is 1. The van der Waals surface area contributed by atoms with Crippen molar-refractivity contribution in [3.8, 4) is 11.5 Å². The maximum Gasteiger partial charge on any atom is 0.263 e. The van der Waals surface area contributed by atoms with E-state index < -0.39 is 0 Å². The molecule has 30 heavy (non-hydrogen) atoms. The molecule has 3 aromatic rings. The van der Waals surface area contributed by atoms with Crippen LogP contribution in [0.3, 0.4) is 0 Å². The van der Waals surface area contributed by atoms with Crippen molar-refractivity contribution in [1.82, 2.24) is 0 Å². The third-order valence-corrected chi connectivity index (χ3v) is 6.59. The van der Waals surface area contributed by atoms with Crippen LogP contribution in [0.5, 0.6) is 11.5 Å². The second kappa shape index (κ2) is 7.00. The van der Waals surface area contributed by atoms with Crippen LogP contribution in [-0.4, -0.2) is 45.5 Å². The zero-order chi connectivity index (χ0) is 20.1. The lowest BCUT2D eigenvalue weighted by Crippen LogP contribution is -3.28. The molecule has 3 aliphatic heterocycles. The fourth-order valence-corrected chi connectivity index (χ4v) is 4.99. The molecule has 152 valence electrons. The van der Waals surface area contributed by atoms with E-state index in [0.29, 0.717) is 6.79 Å². The first-order valence-corrected chi connectivity index (χ1v) is 10.7. The van der Waals surface area contributed by atoms with Crippen molar-refractivity contribution in [1.29, 1.82) is 0 Å². The third-order valence-electron chi connectivity index (χ3n) is 6.59. The van der Waals surface area contributed by atoms with Gasteiger partial charge in [-0.1, -0.05) is 24.3 Å². The fourth-order valence-electron chi connectivity index (χ4n) is 4.99. The van der Waals surface area contributed by atoms with Crippen LogP contribution in [0.2, 0.25) is 0 Å². The monoisotopic (exact) mass is 403 g/mol. The summed E-state index contributed by atoms with van der Waals surface area (Å²) in [6.45, 7) is 6.39. The minimum atomic E-state index is 0.143. The van der Waals surface area contributed by atoms with Gasteiger partial charge in [-0.3, -0.25) is 9.69 Å². The van der Waals surface area contributed by atoms with Crippen LogP contribution < -0.4 is 24.2 Å². The number of ether oxygens (including phenoxy) is 2. The predicted molar refractivity (Wildman–Crippen MR) is 113 cm³/mol. The van der Waals surface area contributed by atoms with Crippen molar-refractivity contribution in [2.45, 2.75) is 6.54 Å². The summed E-state index contributed by atoms with van der Waals surface area (Å²) in [6, 6.07) is 18.5. The van der Waals surface area contributed by atoms with E-state index in [1.807, 2.05) is 23.1 Å². The Hall–Kier alpha value is -3.09. The van der Waals surface area contributed by atoms with Crippen LogP contribution in [0, 0.1) is 0 Å². The van der Waals surface area contributed by atoms with Crippen molar-refractivity contribution < 1.29 is 24.1 Å². The average molecular weight is 403 g/mol. The summed E-state index contributed by atoms with van der Waals surface area (Å²) in [6.07, 6.45) is 0. The summed E-state index contributed by atoms with van der Waals surface area (Å²) in [5, 5.41) is 2.25. The van der Waals surface area contributed by atoms with Crippen molar-refractivity contribution in [3.63, 3.8) is 0 Å². The van der Waals surface area contributed by atoms with E-state index in [1.165, 1.54) is 10.5 Å². The van der Waals surface area contributed by atoms with Crippen LogP contribution >= 0.6 is 0 Å². The summed E-state index contributed by atoms with van der Waals surface area (Å²) in [5.41, 5.74) is 3.19. The number of hydrogen-bond acceptors (Lipinski definition) is 3. The number of hydrogen-bond donors (Lipinski definition) is 2. The second-order valence-electron chi connectivity index (χ2n) is 8.44. The molecule has 1 saturated heterocycles. The molecule has 1 fully saturated rings. The van der Waals surface area contributed by atoms with Crippen LogP contribution in [0.15, 0.2) is 54.6 Å². The van der Waals surface area contributed by atoms with Gasteiger partial charge < -0.3 is 19.3 Å². The Morgan fingerprint density at radius 3 is 2.50 bits per heavy atom. The molecule has 0 aliphatic carbocycles. The Morgan fingerprint density at radius 1 is 0.867 bits per heavy atom. The topological polar surface area (TPSA) is 47.7 Å². The summed E-state index contributed by atoms with van der Waals surface area (Å²) in [7, 11) is 0. The number of nitrogens with one attached hydrogen (secondary N) is 2. The molecule has 3 aromatic carbocycles. The van der Waals surface area contributed by atoms with Gasteiger partial charge in [-0.05, 0) is 35.7 Å². The smallest absolute Gasteiger partial charge is 0.263 e. The maximum absolute atomic E-state index is 13.0. The van der Waals surface area contributed by atoms with E-state index in [0.717, 1.165) is 72.9 Å². The van der Waals surface area contributed by atoms with Gasteiger partial charge in [0.1, 0.15) is 32.7 Å². The molecule has 0 saturated carbocycles. The molecule has 0 unspecified atom stereocenters. The van der Waals surface area contributed by atoms with E-state index in [-0.39, 0.29) is 5.91 Å². The molecule has 2 N–H and O–H groups in total. The lowest BCUT2D eigenvalue weighted by Gasteiger charge is -2.32. The van der Waals surface area contributed by atoms with Crippen LogP contribution in [0.25, 0.3) is 10.8 Å². The van der Waals surface area contributed by atoms with Gasteiger partial charge in [0.15, 0.2) is 18.2 Å². The molecule has 0 radical (unpaired) electrons. The maximum atomic E-state index is 13.0. The van der Waals surface area contributed by atoms with E-state index in [9.17, 15) is 4.79 Å². The van der Waals surface area contributed by atoms with Gasteiger partial charge in [0.05, 0.1) is 11.3 Å². The molecular weight excluding hydrogens is 378 g/mol. The molecule has 6 nitrogen and oxygen atoms in total. The molecule has 0 bridgehead atoms. The summed E-state index contributed by atoms with van der Waals surface area (Å²) >= 11 is 0. The quantitative estimate of drug-likeness (QED) is 0.666. The lowest BCUT2D eigenvalue weighted by molar-refractivity contribution is -1.02. The third kappa shape index (κ3) is 2.91. The van der Waals surface area contributed by atoms with Gasteiger partial charge in [-0.15, -0.1) is 0 Å². The summed E-state index contributed by atoms with van der Waals surface area (Å²) in [4.78, 5) is 18.1. The number of fused-ring (bicyclic) bond motifs is 1. The number of carbonyl (C=O) groups is 1. The molecule has 6 rings (SSSR count). The van der Waals surface area contributed by atoms with Crippen molar-refractivity contribution in [2.24, 2.45) is 0 Å². The van der Waals surface area contributed by atoms with Gasteiger partial charge in [0.2, 0.25) is 6.79 Å². The summed E-state index contributed by atoms with van der Waals surface area (Å²) in [5.74, 6) is 1.84. The number of carbonyl (C=O) groups excluding carboxylic acids is 1. The van der Waals surface area contributed by atoms with E-state index in [2.05, 4.69) is 36.4 Å². The van der Waals surface area contributed by atoms with E-state index >= 15 is 0 Å². The Morgan fingerprint density at radius 2 is 1.63 bits per heavy atom. The highest BCUT2D eigenvalue weighted by molar-refractivity contribution is 6.24. The Balaban J connectivity index is 1.11. The first-order valence-electron chi connectivity index (χ1n) is 10.7. The SMILES string of the molecule is O=C1c2cccc3cccc(c23)N1C[NH+]1CC[NH+](Cc2ccc3c(c2)OCO3)CC1. The zero-order valence-electron chi connectivity index (χ0n) is 16.8. The molecular formula is C24H25N3O3+2. The molecule has 3 heterocycles. The Bertz CT molecular complexity index is 1130. The zero-order valence-corrected chi connectivity index (χ0v) is 16.8. The van der Waals surface area contributed by atoms with Crippen LogP contribution in [-0.2, 0) is 6.54 Å². The van der Waals surface area contributed by atoms with Crippen molar-refractivity contribution >= 4 is 22.4 Å². The Kier molecular flexibility index (Phi) is 4.14. The number of anilines is 1. The molecule has 0 atom stereocenters. The molecule has 0 spiro atoms. The fraction of sp³-hybridized carbons (Fsp3) is 0.292. The number of benzene rings is 3. The number of rotatable bonds is 4. The normalized spacial score (nSPS) is 22.1. The largest absolute Gasteiger partial charge is 0.454 e. The highest BCUT2D eigenvalue weighted by atomic mass is 16.7. The van der Waals surface area contributed by atoms with Gasteiger partial charge in [-0.2, -0.15) is 0 Å². The highest BCUT2D eigenvalue weighted by Gasteiger charge is 2.34. The number of nitrogens with zero attached hydrogens (tertiary/aromatic N) is 1. The van der Waals surface area contributed by atoms with Crippen LogP contribution in [0.1, 0.15) is 15.9 Å². The minimum Gasteiger partial charge on any atom is -0.454 e. The first kappa shape index (κ1) is 17.7. The van der Waals surface area contributed by atoms with Gasteiger partial charge >= 0.3 is 0 Å². The number of amides is 1. The average Bonchev–Trinajstić information content (AvgIpc) is 3.35. The predicted octanol–water partition coefficient (Wildman–Crippen LogP) is 0.470. The Labute approximate surface area is 175 Å².